The van der Waals surface area contributed by atoms with Crippen LogP contribution >= 0.6 is 0 Å². The summed E-state index contributed by atoms with van der Waals surface area (Å²) in [5, 5.41) is 10.7. The Morgan fingerprint density at radius 2 is 1.75 bits per heavy atom. The maximum Gasteiger partial charge on any atom is 0.419 e. The number of hydrogen-bond donors (Lipinski definition) is 1. The highest BCUT2D eigenvalue weighted by Gasteiger charge is 2.40. The van der Waals surface area contributed by atoms with Crippen molar-refractivity contribution in [2.75, 3.05) is 13.1 Å². The van der Waals surface area contributed by atoms with Crippen LogP contribution in [0.25, 0.3) is 22.0 Å². The number of aliphatic hydroxyl groups excluding tert-OH is 1. The van der Waals surface area contributed by atoms with Crippen LogP contribution in [-0.2, 0) is 24.3 Å². The first-order chi connectivity index (χ1) is 16.8. The average Bonchev–Trinajstić information content (AvgIpc) is 3.33. The monoisotopic (exact) mass is 518 g/mol. The third-order valence-corrected chi connectivity index (χ3v) is 7.53. The van der Waals surface area contributed by atoms with Crippen LogP contribution in [0.4, 0.5) is 9.18 Å². The summed E-state index contributed by atoms with van der Waals surface area (Å²) < 4.78 is 53.0. The van der Waals surface area contributed by atoms with Gasteiger partial charge < -0.3 is 14.6 Å². The van der Waals surface area contributed by atoms with Gasteiger partial charge in [0, 0.05) is 30.6 Å². The number of nitrogens with zero attached hydrogens (tertiary/aromatic N) is 2. The van der Waals surface area contributed by atoms with Crippen molar-refractivity contribution in [3.8, 4) is 11.1 Å². The van der Waals surface area contributed by atoms with Crippen molar-refractivity contribution in [2.24, 2.45) is 0 Å². The number of carbonyl (C=O) groups is 2. The van der Waals surface area contributed by atoms with E-state index in [1.807, 2.05) is 0 Å². The minimum Gasteiger partial charge on any atom is -0.458 e. The van der Waals surface area contributed by atoms with Crippen molar-refractivity contribution in [3.05, 3.63) is 54.5 Å². The third-order valence-electron chi connectivity index (χ3n) is 5.68. The predicted octanol–water partition coefficient (Wildman–Crippen LogP) is 3.53. The molecule has 0 bridgehead atoms. The Hall–Kier alpha value is -3.28. The Kier molecular flexibility index (Phi) is 6.67. The number of rotatable bonds is 4. The molecule has 3 aromatic rings. The van der Waals surface area contributed by atoms with Crippen LogP contribution in [0.1, 0.15) is 27.7 Å². The fraction of sp³-hybridized carbons (Fsp3) is 0.360. The van der Waals surface area contributed by atoms with E-state index >= 15 is 0 Å². The number of ether oxygens (including phenoxy) is 2. The van der Waals surface area contributed by atoms with Gasteiger partial charge in [-0.25, -0.2) is 17.6 Å². The van der Waals surface area contributed by atoms with Gasteiger partial charge in [0.2, 0.25) is 10.0 Å². The summed E-state index contributed by atoms with van der Waals surface area (Å²) in [5.41, 5.74) is 0.756. The number of aliphatic hydroxyl groups is 1. The number of halogens is 1. The lowest BCUT2D eigenvalue weighted by Crippen LogP contribution is -2.30. The maximum atomic E-state index is 14.0. The van der Waals surface area contributed by atoms with E-state index in [2.05, 4.69) is 0 Å². The van der Waals surface area contributed by atoms with E-state index in [9.17, 15) is 27.5 Å². The van der Waals surface area contributed by atoms with Crippen molar-refractivity contribution < 1.29 is 37.0 Å². The molecule has 1 saturated heterocycles. The Morgan fingerprint density at radius 1 is 1.08 bits per heavy atom. The van der Waals surface area contributed by atoms with Crippen LogP contribution in [0.3, 0.4) is 0 Å². The fourth-order valence-corrected chi connectivity index (χ4v) is 5.57. The molecule has 192 valence electrons. The first kappa shape index (κ1) is 25.8. The van der Waals surface area contributed by atoms with Gasteiger partial charge in [-0.3, -0.25) is 9.36 Å². The number of fused-ring (bicyclic) bond motifs is 1. The second kappa shape index (κ2) is 9.30. The molecule has 9 nitrogen and oxygen atoms in total. The Morgan fingerprint density at radius 3 is 2.36 bits per heavy atom. The van der Waals surface area contributed by atoms with E-state index in [0.717, 1.165) is 4.31 Å². The van der Waals surface area contributed by atoms with Crippen LogP contribution < -0.4 is 0 Å². The van der Waals surface area contributed by atoms with E-state index in [-0.39, 0.29) is 18.0 Å². The molecule has 0 radical (unpaired) electrons. The summed E-state index contributed by atoms with van der Waals surface area (Å²) in [6.07, 6.45) is -1.20. The van der Waals surface area contributed by atoms with Crippen LogP contribution in [0.5, 0.6) is 0 Å². The molecule has 2 atom stereocenters. The zero-order chi connectivity index (χ0) is 26.4. The lowest BCUT2D eigenvalue weighted by molar-refractivity contribution is -0.149. The van der Waals surface area contributed by atoms with Gasteiger partial charge in [0.15, 0.2) is 0 Å². The van der Waals surface area contributed by atoms with E-state index in [4.69, 9.17) is 9.47 Å². The SMILES string of the molecule is CC(=O)OC1CN(S(=O)(=O)c2ccc(-c3cn(C(=O)OC(C)(C)C)c4cc(F)ccc34)cc2)CC1O. The van der Waals surface area contributed by atoms with Gasteiger partial charge in [-0.1, -0.05) is 12.1 Å². The number of aromatic nitrogens is 1. The van der Waals surface area contributed by atoms with Crippen molar-refractivity contribution in [2.45, 2.75) is 50.4 Å². The van der Waals surface area contributed by atoms with Gasteiger partial charge in [-0.15, -0.1) is 0 Å². The molecule has 4 rings (SSSR count). The number of sulfonamides is 1. The molecular formula is C25H27FN2O7S. The Balaban J connectivity index is 1.66. The van der Waals surface area contributed by atoms with Crippen molar-refractivity contribution in [3.63, 3.8) is 0 Å². The smallest absolute Gasteiger partial charge is 0.419 e. The van der Waals surface area contributed by atoms with Gasteiger partial charge in [-0.05, 0) is 56.7 Å². The van der Waals surface area contributed by atoms with E-state index in [1.165, 1.54) is 42.0 Å². The molecule has 2 unspecified atom stereocenters. The van der Waals surface area contributed by atoms with Crippen molar-refractivity contribution >= 4 is 33.0 Å². The molecular weight excluding hydrogens is 491 g/mol. The molecule has 0 amide bonds. The van der Waals surface area contributed by atoms with E-state index in [1.54, 1.807) is 39.0 Å². The molecule has 0 saturated carbocycles. The number of hydrogen-bond acceptors (Lipinski definition) is 7. The summed E-state index contributed by atoms with van der Waals surface area (Å²) in [6.45, 7) is 6.02. The lowest BCUT2D eigenvalue weighted by Gasteiger charge is -2.19. The van der Waals surface area contributed by atoms with Crippen LogP contribution in [0.15, 0.2) is 53.6 Å². The largest absolute Gasteiger partial charge is 0.458 e. The molecule has 11 heteroatoms. The molecule has 36 heavy (non-hydrogen) atoms. The highest BCUT2D eigenvalue weighted by Crippen LogP contribution is 2.33. The molecule has 0 aliphatic carbocycles. The highest BCUT2D eigenvalue weighted by molar-refractivity contribution is 7.89. The second-order valence-corrected chi connectivity index (χ2v) is 11.6. The van der Waals surface area contributed by atoms with Crippen LogP contribution in [-0.4, -0.2) is 65.4 Å². The highest BCUT2D eigenvalue weighted by atomic mass is 32.2. The second-order valence-electron chi connectivity index (χ2n) is 9.62. The zero-order valence-corrected chi connectivity index (χ0v) is 21.1. The van der Waals surface area contributed by atoms with Gasteiger partial charge in [-0.2, -0.15) is 4.31 Å². The predicted molar refractivity (Wildman–Crippen MR) is 129 cm³/mol. The van der Waals surface area contributed by atoms with Crippen LogP contribution in [0, 0.1) is 5.82 Å². The molecule has 2 heterocycles. The first-order valence-electron chi connectivity index (χ1n) is 11.3. The molecule has 1 aromatic heterocycles. The number of β-amino-alcohol motifs (C(OH)–C–C–N with tert-alkyl or cyclic N) is 1. The van der Waals surface area contributed by atoms with Gasteiger partial charge in [0.25, 0.3) is 0 Å². The minimum absolute atomic E-state index is 0.0103. The minimum atomic E-state index is -3.96. The van der Waals surface area contributed by atoms with Crippen molar-refractivity contribution in [1.29, 1.82) is 0 Å². The van der Waals surface area contributed by atoms with Gasteiger partial charge in [0.05, 0.1) is 17.0 Å². The summed E-state index contributed by atoms with van der Waals surface area (Å²) >= 11 is 0. The molecule has 0 spiro atoms. The first-order valence-corrected chi connectivity index (χ1v) is 12.7. The summed E-state index contributed by atoms with van der Waals surface area (Å²) in [4.78, 5) is 24.0. The zero-order valence-electron chi connectivity index (χ0n) is 20.3. The van der Waals surface area contributed by atoms with E-state index < -0.39 is 45.7 Å². The van der Waals surface area contributed by atoms with Gasteiger partial charge in [0.1, 0.15) is 23.6 Å². The Bertz CT molecular complexity index is 1430. The quantitative estimate of drug-likeness (QED) is 0.526. The fourth-order valence-electron chi connectivity index (χ4n) is 4.10. The Labute approximate surface area is 208 Å². The summed E-state index contributed by atoms with van der Waals surface area (Å²) in [7, 11) is -3.96. The average molecular weight is 519 g/mol. The van der Waals surface area contributed by atoms with Gasteiger partial charge >= 0.3 is 12.1 Å². The van der Waals surface area contributed by atoms with Crippen LogP contribution in [0.2, 0.25) is 0 Å². The number of benzene rings is 2. The van der Waals surface area contributed by atoms with Crippen molar-refractivity contribution in [1.82, 2.24) is 8.87 Å². The number of carbonyl (C=O) groups excluding carboxylic acids is 2. The lowest BCUT2D eigenvalue weighted by atomic mass is 10.1. The molecule has 1 N–H and O–H groups in total. The molecule has 1 fully saturated rings. The standard InChI is InChI=1S/C25H27FN2O7S/c1-15(29)34-23-14-27(13-22(23)30)36(32,33)18-8-5-16(6-9-18)20-12-28(24(31)35-25(2,3)4)21-11-17(26)7-10-19(20)21/h5-12,22-23,30H,13-14H2,1-4H3. The molecule has 1 aliphatic rings. The maximum absolute atomic E-state index is 14.0. The topological polar surface area (TPSA) is 115 Å². The molecule has 2 aromatic carbocycles. The number of esters is 1. The third kappa shape index (κ3) is 5.13. The summed E-state index contributed by atoms with van der Waals surface area (Å²) in [5.74, 6) is -1.12. The summed E-state index contributed by atoms with van der Waals surface area (Å²) in [6, 6.07) is 10.1. The molecule has 1 aliphatic heterocycles. The van der Waals surface area contributed by atoms with E-state index in [0.29, 0.717) is 22.0 Å². The normalized spacial score (nSPS) is 18.9.